The van der Waals surface area contributed by atoms with Crippen LogP contribution in [0.4, 0.5) is 10.1 Å². The molecule has 0 spiro atoms. The monoisotopic (exact) mass is 540 g/mol. The van der Waals surface area contributed by atoms with Crippen LogP contribution in [0.3, 0.4) is 0 Å². The Bertz CT molecular complexity index is 1340. The highest BCUT2D eigenvalue weighted by molar-refractivity contribution is 9.10. The maximum Gasteiger partial charge on any atom is 0.174 e. The number of pyridine rings is 1. The molecule has 0 aliphatic carbocycles. The van der Waals surface area contributed by atoms with E-state index in [-0.39, 0.29) is 17.1 Å². The van der Waals surface area contributed by atoms with Gasteiger partial charge in [0.15, 0.2) is 5.11 Å². The van der Waals surface area contributed by atoms with E-state index in [1.165, 1.54) is 6.07 Å². The van der Waals surface area contributed by atoms with Crippen molar-refractivity contribution >= 4 is 50.5 Å². The SMILES string of the molecule is Cc1cc(N2C(=S)N[C@@H](c3ccccn3)[C@H]2c2cccn2-c2ccc(F)c(Cl)c2)ccc1Br. The van der Waals surface area contributed by atoms with Gasteiger partial charge in [-0.3, -0.25) is 4.98 Å². The number of nitrogens with zero attached hydrogens (tertiary/aromatic N) is 3. The van der Waals surface area contributed by atoms with Crippen molar-refractivity contribution in [2.75, 3.05) is 4.90 Å². The van der Waals surface area contributed by atoms with E-state index in [0.29, 0.717) is 5.11 Å². The molecule has 1 aliphatic heterocycles. The lowest BCUT2D eigenvalue weighted by molar-refractivity contribution is 0.549. The Morgan fingerprint density at radius 1 is 1.06 bits per heavy atom. The minimum atomic E-state index is -0.448. The molecule has 2 atom stereocenters. The van der Waals surface area contributed by atoms with E-state index in [2.05, 4.69) is 44.1 Å². The number of benzene rings is 2. The van der Waals surface area contributed by atoms with E-state index >= 15 is 0 Å². The lowest BCUT2D eigenvalue weighted by Crippen LogP contribution is -2.30. The second kappa shape index (κ2) is 8.89. The summed E-state index contributed by atoms with van der Waals surface area (Å²) in [5.74, 6) is -0.448. The van der Waals surface area contributed by atoms with Gasteiger partial charge >= 0.3 is 0 Å². The van der Waals surface area contributed by atoms with E-state index in [0.717, 1.165) is 32.8 Å². The molecule has 2 aromatic heterocycles. The van der Waals surface area contributed by atoms with Crippen LogP contribution in [0.5, 0.6) is 0 Å². The molecular weight excluding hydrogens is 523 g/mol. The molecule has 33 heavy (non-hydrogen) atoms. The van der Waals surface area contributed by atoms with Crippen molar-refractivity contribution in [3.8, 4) is 5.69 Å². The fourth-order valence-corrected chi connectivity index (χ4v) is 4.98. The van der Waals surface area contributed by atoms with Gasteiger partial charge in [0.25, 0.3) is 0 Å². The molecule has 1 saturated heterocycles. The van der Waals surface area contributed by atoms with Gasteiger partial charge < -0.3 is 14.8 Å². The van der Waals surface area contributed by atoms with Crippen molar-refractivity contribution in [1.82, 2.24) is 14.9 Å². The summed E-state index contributed by atoms with van der Waals surface area (Å²) in [6.07, 6.45) is 3.73. The maximum absolute atomic E-state index is 13.8. The van der Waals surface area contributed by atoms with Crippen LogP contribution in [0.25, 0.3) is 5.69 Å². The van der Waals surface area contributed by atoms with Gasteiger partial charge in [-0.05, 0) is 85.4 Å². The highest BCUT2D eigenvalue weighted by Gasteiger charge is 2.42. The molecule has 5 rings (SSSR count). The summed E-state index contributed by atoms with van der Waals surface area (Å²) in [7, 11) is 0. The number of anilines is 1. The normalized spacial score (nSPS) is 17.9. The highest BCUT2D eigenvalue weighted by atomic mass is 79.9. The fourth-order valence-electron chi connectivity index (χ4n) is 4.22. The average Bonchev–Trinajstić information content (AvgIpc) is 3.42. The Balaban J connectivity index is 1.68. The number of aryl methyl sites for hydroxylation is 1. The van der Waals surface area contributed by atoms with Gasteiger partial charge in [-0.15, -0.1) is 0 Å². The van der Waals surface area contributed by atoms with E-state index in [9.17, 15) is 4.39 Å². The Hall–Kier alpha value is -2.74. The molecule has 1 aliphatic rings. The highest BCUT2D eigenvalue weighted by Crippen LogP contribution is 2.43. The Labute approximate surface area is 210 Å². The Morgan fingerprint density at radius 3 is 2.61 bits per heavy atom. The number of hydrogen-bond acceptors (Lipinski definition) is 2. The van der Waals surface area contributed by atoms with Crippen molar-refractivity contribution < 1.29 is 4.39 Å². The number of hydrogen-bond donors (Lipinski definition) is 1. The number of halogens is 3. The zero-order valence-corrected chi connectivity index (χ0v) is 20.7. The molecule has 0 bridgehead atoms. The zero-order valence-electron chi connectivity index (χ0n) is 17.5. The minimum absolute atomic E-state index is 0.0777. The molecule has 3 heterocycles. The molecule has 4 nitrogen and oxygen atoms in total. The lowest BCUT2D eigenvalue weighted by atomic mass is 10.0. The molecule has 2 aromatic carbocycles. The first-order valence-electron chi connectivity index (χ1n) is 10.3. The van der Waals surface area contributed by atoms with Gasteiger partial charge in [0.1, 0.15) is 11.9 Å². The van der Waals surface area contributed by atoms with E-state index in [1.807, 2.05) is 53.2 Å². The number of nitrogens with one attached hydrogen (secondary N) is 1. The Kier molecular flexibility index (Phi) is 5.95. The van der Waals surface area contributed by atoms with Crippen LogP contribution < -0.4 is 10.2 Å². The smallest absolute Gasteiger partial charge is 0.174 e. The maximum atomic E-state index is 13.8. The van der Waals surface area contributed by atoms with Gasteiger partial charge in [-0.1, -0.05) is 33.6 Å². The lowest BCUT2D eigenvalue weighted by Gasteiger charge is -2.29. The second-order valence-electron chi connectivity index (χ2n) is 7.83. The third-order valence-corrected chi connectivity index (χ3v) is 7.28. The van der Waals surface area contributed by atoms with Gasteiger partial charge in [0.2, 0.25) is 0 Å². The molecule has 0 unspecified atom stereocenters. The molecule has 1 fully saturated rings. The van der Waals surface area contributed by atoms with Crippen LogP contribution in [0, 0.1) is 12.7 Å². The van der Waals surface area contributed by atoms with Crippen molar-refractivity contribution in [3.63, 3.8) is 0 Å². The van der Waals surface area contributed by atoms with Crippen molar-refractivity contribution in [2.24, 2.45) is 0 Å². The molecule has 4 aromatic rings. The number of rotatable bonds is 4. The molecule has 0 saturated carbocycles. The first-order chi connectivity index (χ1) is 15.9. The minimum Gasteiger partial charge on any atom is -0.351 e. The van der Waals surface area contributed by atoms with E-state index in [4.69, 9.17) is 23.8 Å². The number of aromatic nitrogens is 2. The first kappa shape index (κ1) is 22.1. The molecule has 166 valence electrons. The third kappa shape index (κ3) is 4.05. The van der Waals surface area contributed by atoms with Crippen LogP contribution in [0.15, 0.2) is 83.6 Å². The predicted molar refractivity (Wildman–Crippen MR) is 138 cm³/mol. The van der Waals surface area contributed by atoms with Crippen molar-refractivity contribution in [2.45, 2.75) is 19.0 Å². The van der Waals surface area contributed by atoms with Crippen LogP contribution >= 0.6 is 39.7 Å². The van der Waals surface area contributed by atoms with Gasteiger partial charge in [-0.2, -0.15) is 0 Å². The molecule has 1 N–H and O–H groups in total. The standard InChI is InChI=1S/C25H19BrClFN4S/c1-15-13-17(7-9-18(15)26)32-24(23(30-25(32)33)21-5-2-3-11-29-21)22-6-4-12-31(22)16-8-10-20(28)19(27)14-16/h2-14,23-24H,1H3,(H,30,33)/t23-,24+/m0/s1. The zero-order chi connectivity index (χ0) is 23.1. The first-order valence-corrected chi connectivity index (χ1v) is 11.9. The fraction of sp³-hybridized carbons (Fsp3) is 0.120. The van der Waals surface area contributed by atoms with Gasteiger partial charge in [0, 0.05) is 33.9 Å². The summed E-state index contributed by atoms with van der Waals surface area (Å²) in [6, 6.07) is 20.4. The molecule has 8 heteroatoms. The summed E-state index contributed by atoms with van der Waals surface area (Å²) >= 11 is 15.5. The van der Waals surface area contributed by atoms with Crippen LogP contribution in [0.1, 0.15) is 29.0 Å². The van der Waals surface area contributed by atoms with Crippen LogP contribution in [-0.4, -0.2) is 14.7 Å². The van der Waals surface area contributed by atoms with E-state index < -0.39 is 5.82 Å². The molecule has 0 radical (unpaired) electrons. The predicted octanol–water partition coefficient (Wildman–Crippen LogP) is 6.91. The second-order valence-corrected chi connectivity index (χ2v) is 9.48. The van der Waals surface area contributed by atoms with Crippen LogP contribution in [0.2, 0.25) is 5.02 Å². The van der Waals surface area contributed by atoms with Crippen molar-refractivity contribution in [3.05, 3.63) is 111 Å². The summed E-state index contributed by atoms with van der Waals surface area (Å²) in [5, 5.41) is 4.16. The van der Waals surface area contributed by atoms with Crippen LogP contribution in [-0.2, 0) is 0 Å². The molecular formula is C25H19BrClFN4S. The summed E-state index contributed by atoms with van der Waals surface area (Å²) in [5.41, 5.74) is 4.70. The largest absolute Gasteiger partial charge is 0.351 e. The third-order valence-electron chi connectivity index (χ3n) is 5.78. The summed E-state index contributed by atoms with van der Waals surface area (Å²) in [6.45, 7) is 2.05. The molecule has 0 amide bonds. The summed E-state index contributed by atoms with van der Waals surface area (Å²) in [4.78, 5) is 6.72. The van der Waals surface area contributed by atoms with Crippen molar-refractivity contribution in [1.29, 1.82) is 0 Å². The topological polar surface area (TPSA) is 33.1 Å². The quantitative estimate of drug-likeness (QED) is 0.285. The summed E-state index contributed by atoms with van der Waals surface area (Å²) < 4.78 is 16.9. The van der Waals surface area contributed by atoms with Gasteiger partial charge in [0.05, 0.1) is 16.8 Å². The van der Waals surface area contributed by atoms with Gasteiger partial charge in [-0.25, -0.2) is 4.39 Å². The average molecular weight is 542 g/mol. The van der Waals surface area contributed by atoms with E-state index in [1.54, 1.807) is 18.3 Å². The number of thiocarbonyl (C=S) groups is 1. The Morgan fingerprint density at radius 2 is 1.88 bits per heavy atom.